The number of piperazine rings is 1. The molecule has 4 rings (SSSR count). The van der Waals surface area contributed by atoms with Crippen molar-refractivity contribution in [1.82, 2.24) is 30.1 Å². The molecule has 0 bridgehead atoms. The van der Waals surface area contributed by atoms with E-state index in [2.05, 4.69) is 39.5 Å². The fourth-order valence-electron chi connectivity index (χ4n) is 3.89. The van der Waals surface area contributed by atoms with E-state index in [4.69, 9.17) is 9.97 Å². The molecule has 0 saturated carbocycles. The van der Waals surface area contributed by atoms with Crippen LogP contribution in [0.5, 0.6) is 0 Å². The van der Waals surface area contributed by atoms with Gasteiger partial charge in [0.05, 0.1) is 18.0 Å². The highest BCUT2D eigenvalue weighted by Gasteiger charge is 2.15. The molecule has 2 N–H and O–H groups in total. The number of likely N-dealkylation sites (tertiary alicyclic amines) is 1. The zero-order valence-electron chi connectivity index (χ0n) is 17.1. The number of nitrogens with zero attached hydrogens (tertiary/aromatic N) is 6. The molecule has 8 nitrogen and oxygen atoms in total. The molecule has 0 aliphatic carbocycles. The summed E-state index contributed by atoms with van der Waals surface area (Å²) in [6.07, 6.45) is 7.74. The smallest absolute Gasteiger partial charge is 0.165 e. The van der Waals surface area contributed by atoms with Crippen LogP contribution in [0.4, 0.5) is 5.82 Å². The van der Waals surface area contributed by atoms with E-state index < -0.39 is 0 Å². The summed E-state index contributed by atoms with van der Waals surface area (Å²) >= 11 is 0. The first kappa shape index (κ1) is 19.1. The molecule has 2 aromatic heterocycles. The maximum atomic E-state index is 4.81. The Morgan fingerprint density at radius 3 is 2.64 bits per heavy atom. The Morgan fingerprint density at radius 2 is 1.86 bits per heavy atom. The number of hydrogen-bond donors (Lipinski definition) is 2. The van der Waals surface area contributed by atoms with Crippen molar-refractivity contribution in [2.45, 2.75) is 33.1 Å². The normalized spacial score (nSPS) is 18.0. The molecule has 28 heavy (non-hydrogen) atoms. The fourth-order valence-corrected chi connectivity index (χ4v) is 3.89. The first-order chi connectivity index (χ1) is 13.7. The SMILES string of the molecule is Cc1nc(-c2cnn(N3CCNCC3)c2)nc(NCCCN2CCCC2)c1C. The average Bonchev–Trinajstić information content (AvgIpc) is 3.41. The molecule has 0 aromatic carbocycles. The van der Waals surface area contributed by atoms with E-state index in [9.17, 15) is 0 Å². The first-order valence-corrected chi connectivity index (χ1v) is 10.5. The molecule has 2 aliphatic rings. The lowest BCUT2D eigenvalue weighted by Gasteiger charge is -2.28. The minimum Gasteiger partial charge on any atom is -0.370 e. The summed E-state index contributed by atoms with van der Waals surface area (Å²) < 4.78 is 0. The second-order valence-corrected chi connectivity index (χ2v) is 7.79. The molecular formula is C20H32N8. The van der Waals surface area contributed by atoms with Crippen LogP contribution in [0.25, 0.3) is 11.4 Å². The Bertz CT molecular complexity index is 775. The highest BCUT2D eigenvalue weighted by atomic mass is 15.7. The van der Waals surface area contributed by atoms with Crippen LogP contribution in [0.15, 0.2) is 12.4 Å². The lowest BCUT2D eigenvalue weighted by molar-refractivity contribution is 0.337. The van der Waals surface area contributed by atoms with Crippen LogP contribution in [0.2, 0.25) is 0 Å². The number of nitrogens with one attached hydrogen (secondary N) is 2. The summed E-state index contributed by atoms with van der Waals surface area (Å²) in [5.41, 5.74) is 3.10. The van der Waals surface area contributed by atoms with Crippen molar-refractivity contribution in [2.75, 3.05) is 62.7 Å². The fraction of sp³-hybridized carbons (Fsp3) is 0.650. The van der Waals surface area contributed by atoms with Gasteiger partial charge in [0.15, 0.2) is 5.82 Å². The van der Waals surface area contributed by atoms with Crippen molar-refractivity contribution >= 4 is 5.82 Å². The van der Waals surface area contributed by atoms with Crippen LogP contribution in [-0.4, -0.2) is 77.1 Å². The second kappa shape index (κ2) is 8.87. The highest BCUT2D eigenvalue weighted by Crippen LogP contribution is 2.21. The Balaban J connectivity index is 1.42. The Hall–Kier alpha value is -2.19. The predicted octanol–water partition coefficient (Wildman–Crippen LogP) is 1.40. The Kier molecular flexibility index (Phi) is 6.07. The van der Waals surface area contributed by atoms with Crippen LogP contribution >= 0.6 is 0 Å². The van der Waals surface area contributed by atoms with Crippen molar-refractivity contribution in [3.8, 4) is 11.4 Å². The zero-order valence-corrected chi connectivity index (χ0v) is 17.1. The van der Waals surface area contributed by atoms with Crippen LogP contribution in [0.1, 0.15) is 30.5 Å². The maximum absolute atomic E-state index is 4.81. The van der Waals surface area contributed by atoms with E-state index >= 15 is 0 Å². The minimum absolute atomic E-state index is 0.742. The van der Waals surface area contributed by atoms with Crippen molar-refractivity contribution in [3.05, 3.63) is 23.7 Å². The predicted molar refractivity (Wildman–Crippen MR) is 112 cm³/mol. The summed E-state index contributed by atoms with van der Waals surface area (Å²) in [7, 11) is 0. The molecule has 0 spiro atoms. The lowest BCUT2D eigenvalue weighted by atomic mass is 10.2. The van der Waals surface area contributed by atoms with Crippen molar-refractivity contribution < 1.29 is 0 Å². The van der Waals surface area contributed by atoms with Gasteiger partial charge in [-0.25, -0.2) is 9.97 Å². The third-order valence-electron chi connectivity index (χ3n) is 5.74. The quantitative estimate of drug-likeness (QED) is 0.699. The molecule has 0 atom stereocenters. The molecule has 2 aromatic rings. The first-order valence-electron chi connectivity index (χ1n) is 10.5. The van der Waals surface area contributed by atoms with E-state index in [1.807, 2.05) is 17.2 Å². The molecule has 2 saturated heterocycles. The molecule has 2 aliphatic heterocycles. The summed E-state index contributed by atoms with van der Waals surface area (Å²) in [6, 6.07) is 0. The molecule has 4 heterocycles. The summed E-state index contributed by atoms with van der Waals surface area (Å²) in [6.45, 7) is 12.6. The number of rotatable bonds is 7. The van der Waals surface area contributed by atoms with Crippen LogP contribution in [0, 0.1) is 13.8 Å². The van der Waals surface area contributed by atoms with Crippen LogP contribution < -0.4 is 15.6 Å². The van der Waals surface area contributed by atoms with E-state index in [-0.39, 0.29) is 0 Å². The monoisotopic (exact) mass is 384 g/mol. The third kappa shape index (κ3) is 4.44. The van der Waals surface area contributed by atoms with Gasteiger partial charge in [-0.05, 0) is 52.7 Å². The molecule has 2 fully saturated rings. The molecule has 152 valence electrons. The number of aromatic nitrogens is 4. The van der Waals surface area contributed by atoms with Gasteiger partial charge in [-0.2, -0.15) is 9.89 Å². The van der Waals surface area contributed by atoms with E-state index in [1.54, 1.807) is 0 Å². The third-order valence-corrected chi connectivity index (χ3v) is 5.74. The van der Waals surface area contributed by atoms with E-state index in [0.29, 0.717) is 0 Å². The van der Waals surface area contributed by atoms with Gasteiger partial charge in [-0.15, -0.1) is 0 Å². The number of anilines is 1. The average molecular weight is 385 g/mol. The standard InChI is InChI=1S/C20H32N8/c1-16-17(2)24-20(18-14-23-28(15-18)27-12-7-21-8-13-27)25-19(16)22-6-5-11-26-9-3-4-10-26/h14-15,21H,3-13H2,1-2H3,(H,22,24,25). The highest BCUT2D eigenvalue weighted by molar-refractivity contribution is 5.58. The van der Waals surface area contributed by atoms with E-state index in [0.717, 1.165) is 67.6 Å². The summed E-state index contributed by atoms with van der Waals surface area (Å²) in [5.74, 6) is 1.69. The zero-order chi connectivity index (χ0) is 19.3. The topological polar surface area (TPSA) is 74.1 Å². The van der Waals surface area contributed by atoms with Gasteiger partial charge >= 0.3 is 0 Å². The van der Waals surface area contributed by atoms with E-state index in [1.165, 1.54) is 32.5 Å². The second-order valence-electron chi connectivity index (χ2n) is 7.79. The van der Waals surface area contributed by atoms with Gasteiger partial charge in [0.1, 0.15) is 5.82 Å². The van der Waals surface area contributed by atoms with Gasteiger partial charge < -0.3 is 15.5 Å². The van der Waals surface area contributed by atoms with Gasteiger partial charge in [0.25, 0.3) is 0 Å². The molecule has 0 radical (unpaired) electrons. The molecule has 0 amide bonds. The molecular weight excluding hydrogens is 352 g/mol. The minimum atomic E-state index is 0.742. The van der Waals surface area contributed by atoms with Gasteiger partial charge in [0.2, 0.25) is 0 Å². The lowest BCUT2D eigenvalue weighted by Crippen LogP contribution is -2.49. The van der Waals surface area contributed by atoms with Gasteiger partial charge in [-0.1, -0.05) is 0 Å². The summed E-state index contributed by atoms with van der Waals surface area (Å²) in [4.78, 5) is 14.0. The summed E-state index contributed by atoms with van der Waals surface area (Å²) in [5, 5.41) is 13.7. The largest absolute Gasteiger partial charge is 0.370 e. The molecule has 0 unspecified atom stereocenters. The van der Waals surface area contributed by atoms with Crippen molar-refractivity contribution in [2.24, 2.45) is 0 Å². The Morgan fingerprint density at radius 1 is 1.07 bits per heavy atom. The van der Waals surface area contributed by atoms with Gasteiger partial charge in [-0.3, -0.25) is 5.01 Å². The van der Waals surface area contributed by atoms with Gasteiger partial charge in [0, 0.05) is 44.0 Å². The van der Waals surface area contributed by atoms with Crippen molar-refractivity contribution in [3.63, 3.8) is 0 Å². The van der Waals surface area contributed by atoms with Crippen LogP contribution in [-0.2, 0) is 0 Å². The maximum Gasteiger partial charge on any atom is 0.165 e. The van der Waals surface area contributed by atoms with Crippen molar-refractivity contribution in [1.29, 1.82) is 0 Å². The van der Waals surface area contributed by atoms with Crippen LogP contribution in [0.3, 0.4) is 0 Å². The number of hydrogen-bond acceptors (Lipinski definition) is 7. The number of aryl methyl sites for hydroxylation is 1. The Labute approximate surface area is 167 Å². The molecule has 8 heteroatoms.